The molecule has 0 spiro atoms. The van der Waals surface area contributed by atoms with Crippen LogP contribution < -0.4 is 4.74 Å². The first-order valence-corrected chi connectivity index (χ1v) is 8.98. The van der Waals surface area contributed by atoms with Crippen LogP contribution in [0.1, 0.15) is 31.2 Å². The Morgan fingerprint density at radius 3 is 2.13 bits per heavy atom. The molecular formula is C15H17F3O4S. The molecular weight excluding hydrogens is 333 g/mol. The Bertz CT molecular complexity index is 662. The van der Waals surface area contributed by atoms with Gasteiger partial charge in [-0.2, -0.15) is 0 Å². The first-order chi connectivity index (χ1) is 10.6. The summed E-state index contributed by atoms with van der Waals surface area (Å²) in [7, 11) is -3.12. The highest BCUT2D eigenvalue weighted by atomic mass is 32.2. The molecule has 1 N–H and O–H groups in total. The third-order valence-electron chi connectivity index (χ3n) is 4.65. The van der Waals surface area contributed by atoms with Crippen molar-refractivity contribution in [2.45, 2.75) is 54.6 Å². The van der Waals surface area contributed by atoms with Crippen molar-refractivity contribution in [2.24, 2.45) is 0 Å². The van der Waals surface area contributed by atoms with Crippen LogP contribution in [-0.4, -0.2) is 36.0 Å². The predicted octanol–water partition coefficient (Wildman–Crippen LogP) is 2.60. The molecule has 128 valence electrons. The number of ether oxygens (including phenoxy) is 1. The van der Waals surface area contributed by atoms with Crippen LogP contribution in [0.4, 0.5) is 13.2 Å². The molecule has 2 bridgehead atoms. The van der Waals surface area contributed by atoms with Crippen LogP contribution in [0.15, 0.2) is 24.3 Å². The molecule has 0 aromatic heterocycles. The average Bonchev–Trinajstić information content (AvgIpc) is 2.59. The molecule has 4 nitrogen and oxygen atoms in total. The largest absolute Gasteiger partial charge is 0.573 e. The van der Waals surface area contributed by atoms with Crippen LogP contribution in [0.5, 0.6) is 5.75 Å². The van der Waals surface area contributed by atoms with Gasteiger partial charge in [0.2, 0.25) is 0 Å². The quantitative estimate of drug-likeness (QED) is 0.910. The minimum atomic E-state index is -4.74. The zero-order valence-electron chi connectivity index (χ0n) is 12.2. The summed E-state index contributed by atoms with van der Waals surface area (Å²) in [6.07, 6.45) is -2.99. The molecule has 2 aliphatic heterocycles. The summed E-state index contributed by atoms with van der Waals surface area (Å²) in [6.45, 7) is 0. The molecule has 2 unspecified atom stereocenters. The third kappa shape index (κ3) is 3.47. The van der Waals surface area contributed by atoms with Gasteiger partial charge in [0, 0.05) is 6.42 Å². The maximum Gasteiger partial charge on any atom is 0.573 e. The third-order valence-corrected chi connectivity index (χ3v) is 7.31. The Hall–Kier alpha value is -1.28. The molecule has 2 heterocycles. The van der Waals surface area contributed by atoms with E-state index in [0.717, 1.165) is 0 Å². The van der Waals surface area contributed by atoms with Crippen molar-refractivity contribution >= 4 is 9.84 Å². The second-order valence-electron chi connectivity index (χ2n) is 6.41. The fraction of sp³-hybridized carbons (Fsp3) is 0.600. The summed E-state index contributed by atoms with van der Waals surface area (Å²) < 4.78 is 64.3. The van der Waals surface area contributed by atoms with E-state index in [0.29, 0.717) is 18.4 Å². The maximum absolute atomic E-state index is 12.1. The van der Waals surface area contributed by atoms with Crippen LogP contribution in [0, 0.1) is 0 Å². The fourth-order valence-electron chi connectivity index (χ4n) is 3.67. The highest BCUT2D eigenvalue weighted by molar-refractivity contribution is 7.93. The molecule has 0 aliphatic carbocycles. The van der Waals surface area contributed by atoms with E-state index in [4.69, 9.17) is 0 Å². The van der Waals surface area contributed by atoms with Gasteiger partial charge in [0.25, 0.3) is 0 Å². The first kappa shape index (κ1) is 16.6. The smallest absolute Gasteiger partial charge is 0.406 e. The molecule has 0 saturated carbocycles. The lowest BCUT2D eigenvalue weighted by atomic mass is 9.87. The number of halogens is 3. The molecule has 2 atom stereocenters. The minimum Gasteiger partial charge on any atom is -0.406 e. The van der Waals surface area contributed by atoms with Crippen molar-refractivity contribution in [2.75, 3.05) is 0 Å². The highest BCUT2D eigenvalue weighted by Crippen LogP contribution is 2.44. The van der Waals surface area contributed by atoms with E-state index < -0.39 is 32.3 Å². The zero-order chi connectivity index (χ0) is 16.9. The molecule has 2 saturated heterocycles. The topological polar surface area (TPSA) is 63.6 Å². The van der Waals surface area contributed by atoms with Gasteiger partial charge in [-0.25, -0.2) is 8.42 Å². The van der Waals surface area contributed by atoms with Gasteiger partial charge in [-0.1, -0.05) is 12.1 Å². The van der Waals surface area contributed by atoms with Crippen molar-refractivity contribution in [3.63, 3.8) is 0 Å². The van der Waals surface area contributed by atoms with Crippen molar-refractivity contribution < 1.29 is 31.4 Å². The predicted molar refractivity (Wildman–Crippen MR) is 76.7 cm³/mol. The summed E-state index contributed by atoms with van der Waals surface area (Å²) in [5.41, 5.74) is -0.468. The molecule has 1 aromatic rings. The molecule has 8 heteroatoms. The maximum atomic E-state index is 12.1. The second kappa shape index (κ2) is 5.37. The van der Waals surface area contributed by atoms with E-state index in [1.807, 2.05) is 0 Å². The van der Waals surface area contributed by atoms with E-state index in [2.05, 4.69) is 4.74 Å². The molecule has 0 radical (unpaired) electrons. The Morgan fingerprint density at radius 1 is 1.13 bits per heavy atom. The van der Waals surface area contributed by atoms with Gasteiger partial charge in [0.1, 0.15) is 5.75 Å². The van der Waals surface area contributed by atoms with E-state index in [9.17, 15) is 26.7 Å². The Labute approximate surface area is 132 Å². The lowest BCUT2D eigenvalue weighted by Crippen LogP contribution is -2.46. The van der Waals surface area contributed by atoms with Crippen molar-refractivity contribution in [3.05, 3.63) is 29.8 Å². The Morgan fingerprint density at radius 2 is 1.65 bits per heavy atom. The number of aliphatic hydroxyl groups is 1. The first-order valence-electron chi connectivity index (χ1n) is 7.37. The van der Waals surface area contributed by atoms with Crippen LogP contribution in [0.3, 0.4) is 0 Å². The van der Waals surface area contributed by atoms with Gasteiger partial charge in [-0.05, 0) is 43.4 Å². The number of hydrogen-bond acceptors (Lipinski definition) is 4. The van der Waals surface area contributed by atoms with Gasteiger partial charge in [-0.15, -0.1) is 13.2 Å². The summed E-state index contributed by atoms with van der Waals surface area (Å²) in [5.74, 6) is -0.320. The minimum absolute atomic E-state index is 0.187. The molecule has 2 aliphatic rings. The SMILES string of the molecule is O=S1(=O)C2CCC1CC(O)(Cc1ccc(OC(F)(F)F)cc1)C2. The Balaban J connectivity index is 1.70. The molecule has 1 aromatic carbocycles. The van der Waals surface area contributed by atoms with E-state index in [-0.39, 0.29) is 25.0 Å². The van der Waals surface area contributed by atoms with Crippen LogP contribution in [0.25, 0.3) is 0 Å². The number of hydrogen-bond donors (Lipinski definition) is 1. The van der Waals surface area contributed by atoms with E-state index in [1.54, 1.807) is 0 Å². The number of fused-ring (bicyclic) bond motifs is 2. The number of sulfone groups is 1. The molecule has 0 amide bonds. The summed E-state index contributed by atoms with van der Waals surface area (Å²) in [6, 6.07) is 5.31. The lowest BCUT2D eigenvalue weighted by Gasteiger charge is -2.36. The number of rotatable bonds is 3. The number of benzene rings is 1. The zero-order valence-corrected chi connectivity index (χ0v) is 13.0. The molecule has 23 heavy (non-hydrogen) atoms. The van der Waals surface area contributed by atoms with Crippen molar-refractivity contribution in [1.29, 1.82) is 0 Å². The summed E-state index contributed by atoms with van der Waals surface area (Å²) in [5, 5.41) is 9.72. The highest BCUT2D eigenvalue weighted by Gasteiger charge is 2.52. The van der Waals surface area contributed by atoms with Crippen LogP contribution in [-0.2, 0) is 16.3 Å². The molecule has 3 rings (SSSR count). The normalized spacial score (nSPS) is 32.7. The van der Waals surface area contributed by atoms with Crippen molar-refractivity contribution in [3.8, 4) is 5.75 Å². The fourth-order valence-corrected chi connectivity index (χ4v) is 6.23. The van der Waals surface area contributed by atoms with E-state index >= 15 is 0 Å². The lowest BCUT2D eigenvalue weighted by molar-refractivity contribution is -0.274. The van der Waals surface area contributed by atoms with Crippen molar-refractivity contribution in [1.82, 2.24) is 0 Å². The summed E-state index contributed by atoms with van der Waals surface area (Å²) >= 11 is 0. The average molecular weight is 350 g/mol. The van der Waals surface area contributed by atoms with E-state index in [1.165, 1.54) is 24.3 Å². The standard InChI is InChI=1S/C15H17F3O4S/c16-15(17,18)22-11-3-1-10(2-4-11)7-14(19)8-12-5-6-13(9-14)23(12,20)21/h1-4,12-13,19H,5-9H2. The van der Waals surface area contributed by atoms with Crippen LogP contribution in [0.2, 0.25) is 0 Å². The van der Waals surface area contributed by atoms with Crippen LogP contribution >= 0.6 is 0 Å². The summed E-state index contributed by atoms with van der Waals surface area (Å²) in [4.78, 5) is 0. The van der Waals surface area contributed by atoms with Gasteiger partial charge in [0.05, 0.1) is 16.1 Å². The number of alkyl halides is 3. The monoisotopic (exact) mass is 350 g/mol. The second-order valence-corrected chi connectivity index (χ2v) is 8.92. The van der Waals surface area contributed by atoms with Gasteiger partial charge in [0.15, 0.2) is 9.84 Å². The van der Waals surface area contributed by atoms with Gasteiger partial charge in [-0.3, -0.25) is 0 Å². The van der Waals surface area contributed by atoms with Gasteiger partial charge < -0.3 is 9.84 Å². The molecule has 2 fully saturated rings. The van der Waals surface area contributed by atoms with Gasteiger partial charge >= 0.3 is 6.36 Å². The Kier molecular flexibility index (Phi) is 3.87.